The minimum atomic E-state index is -0.875. The molecule has 0 saturated carbocycles. The van der Waals surface area contributed by atoms with Gasteiger partial charge in [0.15, 0.2) is 11.5 Å². The Morgan fingerprint density at radius 1 is 0.512 bits per heavy atom. The lowest BCUT2D eigenvalue weighted by Gasteiger charge is -2.04. The number of phenols is 1. The molecule has 0 radical (unpaired) electrons. The Balaban J connectivity index is 0.000000190. The van der Waals surface area contributed by atoms with Gasteiger partial charge >= 0.3 is 5.97 Å². The smallest absolute Gasteiger partial charge is 0.335 e. The molecule has 0 aliphatic heterocycles. The summed E-state index contributed by atoms with van der Waals surface area (Å²) in [6, 6.07) is 51.0. The second-order valence-electron chi connectivity index (χ2n) is 17.5. The Morgan fingerprint density at radius 3 is 1.19 bits per heavy atom. The van der Waals surface area contributed by atoms with Crippen LogP contribution in [0.5, 0.6) is 28.7 Å². The molecule has 9 rings (SSSR count). The molecular formula is C63H67N7O10. The highest BCUT2D eigenvalue weighted by molar-refractivity contribution is 5.97. The van der Waals surface area contributed by atoms with Crippen molar-refractivity contribution in [2.75, 3.05) is 26.4 Å². The molecule has 80 heavy (non-hydrogen) atoms. The van der Waals surface area contributed by atoms with Gasteiger partial charge in [0, 0.05) is 27.8 Å². The predicted molar refractivity (Wildman–Crippen MR) is 310 cm³/mol. The first-order chi connectivity index (χ1) is 38.9. The topological polar surface area (TPSA) is 235 Å². The summed E-state index contributed by atoms with van der Waals surface area (Å²) < 4.78 is 32.5. The van der Waals surface area contributed by atoms with E-state index in [-0.39, 0.29) is 11.6 Å². The minimum absolute atomic E-state index is 0.104. The molecule has 0 amide bonds. The number of carboxylic acid groups (broad SMARTS) is 1. The third-order valence-electron chi connectivity index (χ3n) is 10.9. The number of aryl methyl sites for hydroxylation is 2. The lowest BCUT2D eigenvalue weighted by Crippen LogP contribution is -2.12. The molecule has 0 unspecified atom stereocenters. The van der Waals surface area contributed by atoms with E-state index in [9.17, 15) is 9.90 Å². The van der Waals surface area contributed by atoms with Crippen LogP contribution < -0.4 is 24.7 Å². The summed E-state index contributed by atoms with van der Waals surface area (Å²) in [5, 5.41) is 37.1. The Labute approximate surface area is 466 Å². The number of nitrogens with two attached hydrogens (primary N) is 1. The third kappa shape index (κ3) is 20.5. The van der Waals surface area contributed by atoms with Gasteiger partial charge in [0.2, 0.25) is 11.6 Å². The highest BCUT2D eigenvalue weighted by Crippen LogP contribution is 2.27. The maximum Gasteiger partial charge on any atom is 0.335 e. The van der Waals surface area contributed by atoms with E-state index in [0.717, 1.165) is 89.7 Å². The van der Waals surface area contributed by atoms with Crippen molar-refractivity contribution in [2.24, 2.45) is 10.9 Å². The summed E-state index contributed by atoms with van der Waals surface area (Å²) in [6.07, 6.45) is 3.95. The van der Waals surface area contributed by atoms with Crippen molar-refractivity contribution in [3.63, 3.8) is 0 Å². The number of carbonyl (C=O) groups is 1. The van der Waals surface area contributed by atoms with Gasteiger partial charge in [-0.1, -0.05) is 90.7 Å². The number of oxime groups is 1. The fourth-order valence-corrected chi connectivity index (χ4v) is 6.59. The van der Waals surface area contributed by atoms with Gasteiger partial charge in [-0.05, 0) is 173 Å². The van der Waals surface area contributed by atoms with Gasteiger partial charge in [0.25, 0.3) is 11.8 Å². The van der Waals surface area contributed by atoms with Crippen LogP contribution in [0, 0.1) is 20.4 Å². The molecule has 2 heterocycles. The number of aromatic carboxylic acids is 1. The number of aromatic hydroxyl groups is 1. The second kappa shape index (κ2) is 33.3. The molecular weight excluding hydrogens is 1010 g/mol. The number of carboxylic acids is 1. The normalized spacial score (nSPS) is 10.3. The molecule has 0 spiro atoms. The zero-order valence-corrected chi connectivity index (χ0v) is 45.8. The fourth-order valence-electron chi connectivity index (χ4n) is 6.59. The molecule has 0 aliphatic rings. The second-order valence-corrected chi connectivity index (χ2v) is 17.5. The van der Waals surface area contributed by atoms with Crippen LogP contribution in [-0.2, 0) is 0 Å². The quantitative estimate of drug-likeness (QED) is 0.0206. The molecule has 0 atom stereocenters. The third-order valence-corrected chi connectivity index (χ3v) is 10.9. The summed E-state index contributed by atoms with van der Waals surface area (Å²) in [5.41, 5.74) is 12.8. The number of benzene rings is 7. The van der Waals surface area contributed by atoms with Crippen molar-refractivity contribution >= 4 is 17.5 Å². The largest absolute Gasteiger partial charge is 0.508 e. The average molecular weight is 1080 g/mol. The van der Waals surface area contributed by atoms with Crippen molar-refractivity contribution in [1.29, 1.82) is 0 Å². The molecule has 7 aromatic carbocycles. The number of hydrogen-bond donors (Lipinski definition) is 4. The molecule has 0 aliphatic carbocycles. The molecule has 5 N–H and O–H groups in total. The highest BCUT2D eigenvalue weighted by atomic mass is 16.5. The van der Waals surface area contributed by atoms with Crippen LogP contribution in [0.1, 0.15) is 80.4 Å². The lowest BCUT2D eigenvalue weighted by molar-refractivity contribution is 0.0696. The first-order valence-corrected chi connectivity index (χ1v) is 26.0. The molecule has 17 nitrogen and oxygen atoms in total. The maximum absolute atomic E-state index is 10.3. The van der Waals surface area contributed by atoms with Crippen LogP contribution in [0.25, 0.3) is 50.5 Å². The van der Waals surface area contributed by atoms with E-state index >= 15 is 0 Å². The van der Waals surface area contributed by atoms with Crippen LogP contribution >= 0.6 is 0 Å². The summed E-state index contributed by atoms with van der Waals surface area (Å²) in [7, 11) is 0. The lowest BCUT2D eigenvalue weighted by atomic mass is 10.1. The van der Waals surface area contributed by atoms with E-state index in [1.165, 1.54) is 5.56 Å². The van der Waals surface area contributed by atoms with E-state index in [1.807, 2.05) is 106 Å². The fraction of sp³-hybridized carbons (Fsp3) is 0.222. The summed E-state index contributed by atoms with van der Waals surface area (Å²) in [6.45, 7) is 21.8. The number of aromatic nitrogens is 4. The number of nitrogens with zero attached hydrogens (tertiary/aromatic N) is 6. The molecule has 414 valence electrons. The van der Waals surface area contributed by atoms with Gasteiger partial charge in [-0.2, -0.15) is 9.97 Å². The Morgan fingerprint density at radius 2 is 0.838 bits per heavy atom. The standard InChI is InChI=1S/C18H18N2O2.C17H16N2O3.C10H14N2O2.C10H11NO.C8H8O2/c1-3-12-21-16-10-8-14(9-11-16)17-19-18(22-20-17)15-6-4-13(2)5-7-15;1-2-11-21-15-9-5-12(6-10-15)16-18-17(22-19-16)13-3-7-14(20)8-4-13;1-2-7-14-9-5-3-8(4-6-9)10(11)12-13;1-3-8-12-10-6-4-9(11-2)5-7-10;1-6-2-4-7(5-3-6)8(9)10/h4-11H,3,12H2,1-2H3;3-10,20H,2,11H2,1H3;3-6,13H,2,7H2,1H3,(H2,11,12);4-7H,3,8H2,1H3;2-5H,1H3,(H,9,10). The van der Waals surface area contributed by atoms with Crippen LogP contribution in [-0.4, -0.2) is 73.9 Å². The monoisotopic (exact) mass is 1080 g/mol. The summed E-state index contributed by atoms with van der Waals surface area (Å²) in [5.74, 6) is 4.79. The average Bonchev–Trinajstić information content (AvgIpc) is 4.21. The molecule has 9 aromatic rings. The van der Waals surface area contributed by atoms with E-state index in [0.29, 0.717) is 53.5 Å². The highest BCUT2D eigenvalue weighted by Gasteiger charge is 2.12. The van der Waals surface area contributed by atoms with Crippen LogP contribution in [0.2, 0.25) is 0 Å². The van der Waals surface area contributed by atoms with Crippen molar-refractivity contribution < 1.29 is 48.2 Å². The summed E-state index contributed by atoms with van der Waals surface area (Å²) >= 11 is 0. The molecule has 17 heteroatoms. The van der Waals surface area contributed by atoms with Crippen LogP contribution in [0.15, 0.2) is 184 Å². The van der Waals surface area contributed by atoms with Gasteiger partial charge in [-0.25, -0.2) is 9.64 Å². The van der Waals surface area contributed by atoms with Crippen molar-refractivity contribution in [3.8, 4) is 74.4 Å². The van der Waals surface area contributed by atoms with E-state index in [2.05, 4.69) is 51.1 Å². The number of amidine groups is 1. The van der Waals surface area contributed by atoms with Crippen molar-refractivity contribution in [2.45, 2.75) is 67.2 Å². The first-order valence-electron chi connectivity index (χ1n) is 26.0. The Hall–Kier alpha value is -9.95. The zero-order valence-electron chi connectivity index (χ0n) is 45.8. The summed E-state index contributed by atoms with van der Waals surface area (Å²) in [4.78, 5) is 22.4. The van der Waals surface area contributed by atoms with Crippen molar-refractivity contribution in [3.05, 3.63) is 204 Å². The van der Waals surface area contributed by atoms with Gasteiger partial charge in [-0.15, -0.1) is 0 Å². The SMILES string of the molecule is CCCOc1ccc(-c2noc(-c3ccc(C)cc3)n2)cc1.CCCOc1ccc(-c2noc(-c3ccc(O)cc3)n2)cc1.CCCOc1ccc(/C(N)=N/O)cc1.Cc1ccc(C(=O)O)cc1.[C-]#[N+]c1ccc(OCCC)cc1. The minimum Gasteiger partial charge on any atom is -0.508 e. The predicted octanol–water partition coefficient (Wildman–Crippen LogP) is 14.7. The number of ether oxygens (including phenoxy) is 4. The van der Waals surface area contributed by atoms with Crippen molar-refractivity contribution in [1.82, 2.24) is 20.3 Å². The number of rotatable bonds is 18. The van der Waals surface area contributed by atoms with Gasteiger partial charge in [0.1, 0.15) is 28.7 Å². The number of hydrogen-bond acceptors (Lipinski definition) is 14. The molecule has 0 fully saturated rings. The molecule has 0 bridgehead atoms. The van der Waals surface area contributed by atoms with E-state index in [1.54, 1.807) is 84.9 Å². The number of phenolic OH excluding ortho intramolecular Hbond substituents is 1. The maximum atomic E-state index is 10.3. The molecule has 2 aromatic heterocycles. The Kier molecular flexibility index (Phi) is 25.3. The Bertz CT molecular complexity index is 3130. The van der Waals surface area contributed by atoms with Gasteiger partial charge < -0.3 is 49.1 Å². The first kappa shape index (κ1) is 60.9. The van der Waals surface area contributed by atoms with Gasteiger partial charge in [-0.3, -0.25) is 0 Å². The molecule has 0 saturated heterocycles. The van der Waals surface area contributed by atoms with E-state index in [4.69, 9.17) is 50.6 Å². The van der Waals surface area contributed by atoms with E-state index < -0.39 is 5.97 Å². The van der Waals surface area contributed by atoms with Crippen LogP contribution in [0.3, 0.4) is 0 Å². The zero-order chi connectivity index (χ0) is 57.5. The van der Waals surface area contributed by atoms with Gasteiger partial charge in [0.05, 0.1) is 38.6 Å². The van der Waals surface area contributed by atoms with Crippen LogP contribution in [0.4, 0.5) is 5.69 Å².